The number of aliphatic carboxylic acids is 1. The van der Waals surface area contributed by atoms with Gasteiger partial charge in [-0.25, -0.2) is 0 Å². The van der Waals surface area contributed by atoms with Crippen LogP contribution in [0.2, 0.25) is 0 Å². The first-order chi connectivity index (χ1) is 7.36. The Hall–Kier alpha value is -0.660. The summed E-state index contributed by atoms with van der Waals surface area (Å²) in [5, 5.41) is 8.65. The highest BCUT2D eigenvalue weighted by Crippen LogP contribution is 2.30. The largest absolute Gasteiger partial charge is 0.480 e. The number of nitrogens with zero attached hydrogens (tertiary/aromatic N) is 1. The first kappa shape index (κ1) is 13.4. The Labute approximate surface area is 95.8 Å². The molecule has 1 rings (SSSR count). The van der Waals surface area contributed by atoms with Crippen LogP contribution in [-0.4, -0.2) is 42.9 Å². The van der Waals surface area contributed by atoms with Gasteiger partial charge in [-0.2, -0.15) is 17.4 Å². The molecule has 0 aromatic carbocycles. The summed E-state index contributed by atoms with van der Waals surface area (Å²) in [6.07, 6.45) is 2.11. The predicted molar refractivity (Wildman–Crippen MR) is 59.1 cm³/mol. The van der Waals surface area contributed by atoms with Crippen molar-refractivity contribution in [2.24, 2.45) is 5.92 Å². The van der Waals surface area contributed by atoms with Gasteiger partial charge in [0.05, 0.1) is 0 Å². The Balaban J connectivity index is 2.61. The second kappa shape index (κ2) is 5.11. The molecule has 1 fully saturated rings. The first-order valence-corrected chi connectivity index (χ1v) is 6.81. The van der Waals surface area contributed by atoms with Gasteiger partial charge < -0.3 is 5.11 Å². The molecule has 0 spiro atoms. The van der Waals surface area contributed by atoms with E-state index in [1.54, 1.807) is 6.92 Å². The number of carbonyl (C=O) groups is 1. The number of carboxylic acids is 1. The van der Waals surface area contributed by atoms with E-state index >= 15 is 0 Å². The summed E-state index contributed by atoms with van der Waals surface area (Å²) in [6.45, 7) is 3.90. The fraction of sp³-hybridized carbons (Fsp3) is 0.889. The summed E-state index contributed by atoms with van der Waals surface area (Å²) < 4.78 is 27.0. The Bertz CT molecular complexity index is 351. The second-order valence-electron chi connectivity index (χ2n) is 4.08. The standard InChI is InChI=1S/C9H18N2O4S/c1-3-11(6-8-4-5-8)16(14,15)10-7(2)9(12)13/h7-8,10H,3-6H2,1-2H3,(H,12,13)/t7-/m1/s1. The Morgan fingerprint density at radius 1 is 1.56 bits per heavy atom. The highest BCUT2D eigenvalue weighted by molar-refractivity contribution is 7.87. The average Bonchev–Trinajstić information content (AvgIpc) is 2.96. The molecule has 1 atom stereocenters. The van der Waals surface area contributed by atoms with Crippen molar-refractivity contribution in [2.75, 3.05) is 13.1 Å². The van der Waals surface area contributed by atoms with Gasteiger partial charge in [-0.3, -0.25) is 4.79 Å². The lowest BCUT2D eigenvalue weighted by Crippen LogP contribution is -2.47. The zero-order valence-corrected chi connectivity index (χ0v) is 10.3. The average molecular weight is 250 g/mol. The maximum atomic E-state index is 11.8. The van der Waals surface area contributed by atoms with E-state index < -0.39 is 22.2 Å². The molecule has 2 N–H and O–H groups in total. The smallest absolute Gasteiger partial charge is 0.321 e. The normalized spacial score (nSPS) is 18.7. The van der Waals surface area contributed by atoms with Crippen LogP contribution in [0, 0.1) is 5.92 Å². The summed E-state index contributed by atoms with van der Waals surface area (Å²) >= 11 is 0. The van der Waals surface area contributed by atoms with Gasteiger partial charge in [-0.15, -0.1) is 0 Å². The first-order valence-electron chi connectivity index (χ1n) is 5.37. The Morgan fingerprint density at radius 3 is 2.50 bits per heavy atom. The molecular formula is C9H18N2O4S. The van der Waals surface area contributed by atoms with Crippen LogP contribution in [0.1, 0.15) is 26.7 Å². The van der Waals surface area contributed by atoms with Crippen molar-refractivity contribution >= 4 is 16.2 Å². The van der Waals surface area contributed by atoms with Crippen molar-refractivity contribution in [1.29, 1.82) is 0 Å². The zero-order chi connectivity index (χ0) is 12.3. The van der Waals surface area contributed by atoms with E-state index in [0.29, 0.717) is 19.0 Å². The quantitative estimate of drug-likeness (QED) is 0.667. The molecule has 0 saturated heterocycles. The van der Waals surface area contributed by atoms with Crippen LogP contribution in [0.5, 0.6) is 0 Å². The van der Waals surface area contributed by atoms with Crippen molar-refractivity contribution in [3.8, 4) is 0 Å². The molecule has 0 bridgehead atoms. The molecule has 0 aliphatic heterocycles. The molecule has 0 aromatic heterocycles. The molecule has 16 heavy (non-hydrogen) atoms. The summed E-state index contributed by atoms with van der Waals surface area (Å²) in [5.74, 6) is -0.734. The predicted octanol–water partition coefficient (Wildman–Crippen LogP) is 0.0258. The minimum atomic E-state index is -3.67. The van der Waals surface area contributed by atoms with Gasteiger partial charge in [0, 0.05) is 13.1 Å². The van der Waals surface area contributed by atoms with Gasteiger partial charge in [-0.1, -0.05) is 6.92 Å². The fourth-order valence-corrected chi connectivity index (χ4v) is 2.78. The van der Waals surface area contributed by atoms with Gasteiger partial charge in [-0.05, 0) is 25.7 Å². The van der Waals surface area contributed by atoms with E-state index in [2.05, 4.69) is 4.72 Å². The van der Waals surface area contributed by atoms with Gasteiger partial charge in [0.25, 0.3) is 10.2 Å². The maximum absolute atomic E-state index is 11.8. The lowest BCUT2D eigenvalue weighted by molar-refractivity contribution is -0.138. The highest BCUT2D eigenvalue weighted by atomic mass is 32.2. The molecule has 94 valence electrons. The van der Waals surface area contributed by atoms with E-state index in [4.69, 9.17) is 5.11 Å². The number of nitrogens with one attached hydrogen (secondary N) is 1. The van der Waals surface area contributed by atoms with Crippen molar-refractivity contribution in [3.05, 3.63) is 0 Å². The SMILES string of the molecule is CCN(CC1CC1)S(=O)(=O)N[C@H](C)C(=O)O. The van der Waals surface area contributed by atoms with Gasteiger partial charge >= 0.3 is 5.97 Å². The van der Waals surface area contributed by atoms with Crippen molar-refractivity contribution in [2.45, 2.75) is 32.7 Å². The van der Waals surface area contributed by atoms with E-state index in [1.807, 2.05) is 0 Å². The summed E-state index contributed by atoms with van der Waals surface area (Å²) in [7, 11) is -3.67. The number of hydrogen-bond donors (Lipinski definition) is 2. The summed E-state index contributed by atoms with van der Waals surface area (Å²) in [5.41, 5.74) is 0. The summed E-state index contributed by atoms with van der Waals surface area (Å²) in [4.78, 5) is 10.6. The van der Waals surface area contributed by atoms with E-state index in [0.717, 1.165) is 12.8 Å². The third-order valence-electron chi connectivity index (χ3n) is 2.55. The van der Waals surface area contributed by atoms with Crippen LogP contribution < -0.4 is 4.72 Å². The summed E-state index contributed by atoms with van der Waals surface area (Å²) in [6, 6.07) is -1.10. The molecule has 0 amide bonds. The molecule has 0 heterocycles. The van der Waals surface area contributed by atoms with E-state index in [1.165, 1.54) is 11.2 Å². The van der Waals surface area contributed by atoms with E-state index in [9.17, 15) is 13.2 Å². The number of carboxylic acid groups (broad SMARTS) is 1. The van der Waals surface area contributed by atoms with Gasteiger partial charge in [0.1, 0.15) is 6.04 Å². The third-order valence-corrected chi connectivity index (χ3v) is 4.29. The number of rotatable bonds is 7. The van der Waals surface area contributed by atoms with Gasteiger partial charge in [0.15, 0.2) is 0 Å². The third kappa shape index (κ3) is 3.73. The lowest BCUT2D eigenvalue weighted by Gasteiger charge is -2.21. The Kier molecular flexibility index (Phi) is 4.28. The maximum Gasteiger partial charge on any atom is 0.321 e. The monoisotopic (exact) mass is 250 g/mol. The van der Waals surface area contributed by atoms with Crippen LogP contribution in [0.3, 0.4) is 0 Å². The molecular weight excluding hydrogens is 232 g/mol. The van der Waals surface area contributed by atoms with E-state index in [-0.39, 0.29) is 0 Å². The fourth-order valence-electron chi connectivity index (χ4n) is 1.33. The minimum absolute atomic E-state index is 0.359. The van der Waals surface area contributed by atoms with Gasteiger partial charge in [0.2, 0.25) is 0 Å². The lowest BCUT2D eigenvalue weighted by atomic mass is 10.4. The second-order valence-corrected chi connectivity index (χ2v) is 5.78. The van der Waals surface area contributed by atoms with Crippen LogP contribution in [0.4, 0.5) is 0 Å². The molecule has 0 radical (unpaired) electrons. The molecule has 0 unspecified atom stereocenters. The molecule has 6 nitrogen and oxygen atoms in total. The van der Waals surface area contributed by atoms with Crippen LogP contribution in [-0.2, 0) is 15.0 Å². The topological polar surface area (TPSA) is 86.7 Å². The number of hydrogen-bond acceptors (Lipinski definition) is 3. The molecule has 7 heteroatoms. The molecule has 1 saturated carbocycles. The van der Waals surface area contributed by atoms with Crippen LogP contribution >= 0.6 is 0 Å². The zero-order valence-electron chi connectivity index (χ0n) is 9.51. The van der Waals surface area contributed by atoms with Crippen LogP contribution in [0.15, 0.2) is 0 Å². The molecule has 1 aliphatic rings. The van der Waals surface area contributed by atoms with Crippen molar-refractivity contribution in [1.82, 2.24) is 9.03 Å². The molecule has 1 aliphatic carbocycles. The van der Waals surface area contributed by atoms with Crippen molar-refractivity contribution in [3.63, 3.8) is 0 Å². The highest BCUT2D eigenvalue weighted by Gasteiger charge is 2.31. The van der Waals surface area contributed by atoms with Crippen LogP contribution in [0.25, 0.3) is 0 Å². The minimum Gasteiger partial charge on any atom is -0.480 e. The van der Waals surface area contributed by atoms with Crippen molar-refractivity contribution < 1.29 is 18.3 Å². The molecule has 0 aromatic rings. The Morgan fingerprint density at radius 2 is 2.12 bits per heavy atom.